The Kier molecular flexibility index (Phi) is 3.84. The van der Waals surface area contributed by atoms with Crippen molar-refractivity contribution in [2.75, 3.05) is 13.7 Å². The van der Waals surface area contributed by atoms with E-state index in [-0.39, 0.29) is 6.54 Å². The Labute approximate surface area is 106 Å². The highest BCUT2D eigenvalue weighted by Crippen LogP contribution is 2.24. The van der Waals surface area contributed by atoms with Crippen molar-refractivity contribution in [3.8, 4) is 0 Å². The van der Waals surface area contributed by atoms with Gasteiger partial charge in [0.15, 0.2) is 0 Å². The van der Waals surface area contributed by atoms with Crippen molar-refractivity contribution < 1.29 is 19.7 Å². The molecule has 1 fully saturated rings. The molecule has 1 heterocycles. The van der Waals surface area contributed by atoms with Crippen LogP contribution < -0.4 is 0 Å². The van der Waals surface area contributed by atoms with Crippen LogP contribution in [0.4, 0.5) is 4.79 Å². The first-order valence-electron chi connectivity index (χ1n) is 5.88. The summed E-state index contributed by atoms with van der Waals surface area (Å²) < 4.78 is 5.12. The molecule has 3 unspecified atom stereocenters. The molecule has 0 bridgehead atoms. The number of aliphatic hydroxyl groups excluding tert-OH is 1. The van der Waals surface area contributed by atoms with Crippen molar-refractivity contribution in [3.63, 3.8) is 0 Å². The molecule has 0 aromatic heterocycles. The molecule has 1 saturated heterocycles. The SMILES string of the molecule is COC1CN(C(=O)O)C(Cc2ccccc2)C1O. The van der Waals surface area contributed by atoms with Crippen LogP contribution in [0.15, 0.2) is 30.3 Å². The summed E-state index contributed by atoms with van der Waals surface area (Å²) in [4.78, 5) is 12.4. The maximum absolute atomic E-state index is 11.2. The summed E-state index contributed by atoms with van der Waals surface area (Å²) in [5.41, 5.74) is 1.00. The van der Waals surface area contributed by atoms with Gasteiger partial charge in [-0.15, -0.1) is 0 Å². The van der Waals surface area contributed by atoms with Crippen LogP contribution in [0.25, 0.3) is 0 Å². The number of hydrogen-bond acceptors (Lipinski definition) is 3. The highest BCUT2D eigenvalue weighted by Gasteiger charge is 2.43. The number of carbonyl (C=O) groups is 1. The number of methoxy groups -OCH3 is 1. The Morgan fingerprint density at radius 1 is 1.44 bits per heavy atom. The number of rotatable bonds is 3. The zero-order valence-electron chi connectivity index (χ0n) is 10.2. The molecule has 0 radical (unpaired) electrons. The van der Waals surface area contributed by atoms with Gasteiger partial charge in [0.2, 0.25) is 0 Å². The van der Waals surface area contributed by atoms with Gasteiger partial charge in [0.1, 0.15) is 12.2 Å². The van der Waals surface area contributed by atoms with Gasteiger partial charge in [0.05, 0.1) is 12.6 Å². The third-order valence-corrected chi connectivity index (χ3v) is 3.39. The molecule has 5 heteroatoms. The Balaban J connectivity index is 2.15. The normalized spacial score (nSPS) is 27.4. The molecule has 1 aromatic carbocycles. The predicted octanol–water partition coefficient (Wildman–Crippen LogP) is 0.967. The summed E-state index contributed by atoms with van der Waals surface area (Å²) in [6, 6.07) is 9.10. The average Bonchev–Trinajstić information content (AvgIpc) is 2.68. The smallest absolute Gasteiger partial charge is 0.407 e. The number of likely N-dealkylation sites (tertiary alicyclic amines) is 1. The number of amides is 1. The van der Waals surface area contributed by atoms with Crippen molar-refractivity contribution in [2.24, 2.45) is 0 Å². The molecule has 1 amide bonds. The van der Waals surface area contributed by atoms with Crippen LogP contribution in [0.5, 0.6) is 0 Å². The highest BCUT2D eigenvalue weighted by molar-refractivity contribution is 5.66. The summed E-state index contributed by atoms with van der Waals surface area (Å²) in [6.07, 6.45) is -1.76. The fourth-order valence-corrected chi connectivity index (χ4v) is 2.39. The van der Waals surface area contributed by atoms with Crippen LogP contribution in [-0.2, 0) is 11.2 Å². The van der Waals surface area contributed by atoms with Crippen LogP contribution in [0, 0.1) is 0 Å². The van der Waals surface area contributed by atoms with Gasteiger partial charge in [0.25, 0.3) is 0 Å². The van der Waals surface area contributed by atoms with Crippen molar-refractivity contribution in [1.29, 1.82) is 0 Å². The second-order valence-electron chi connectivity index (χ2n) is 4.46. The lowest BCUT2D eigenvalue weighted by atomic mass is 10.0. The summed E-state index contributed by atoms with van der Waals surface area (Å²) >= 11 is 0. The number of benzene rings is 1. The maximum Gasteiger partial charge on any atom is 0.407 e. The lowest BCUT2D eigenvalue weighted by Crippen LogP contribution is -2.40. The Bertz CT molecular complexity index is 409. The summed E-state index contributed by atoms with van der Waals surface area (Å²) in [6.45, 7) is 0.213. The Morgan fingerprint density at radius 3 is 2.67 bits per heavy atom. The van der Waals surface area contributed by atoms with E-state index in [4.69, 9.17) is 9.84 Å². The average molecular weight is 251 g/mol. The summed E-state index contributed by atoms with van der Waals surface area (Å²) in [7, 11) is 1.48. The van der Waals surface area contributed by atoms with E-state index in [9.17, 15) is 9.90 Å². The third kappa shape index (κ3) is 2.47. The zero-order chi connectivity index (χ0) is 13.1. The molecule has 1 aliphatic rings. The number of hydrogen-bond donors (Lipinski definition) is 2. The first-order valence-corrected chi connectivity index (χ1v) is 5.88. The maximum atomic E-state index is 11.2. The van der Waals surface area contributed by atoms with Gasteiger partial charge in [-0.25, -0.2) is 4.79 Å². The number of nitrogens with zero attached hydrogens (tertiary/aromatic N) is 1. The number of ether oxygens (including phenoxy) is 1. The van der Waals surface area contributed by atoms with Gasteiger partial charge in [-0.05, 0) is 12.0 Å². The van der Waals surface area contributed by atoms with Gasteiger partial charge in [-0.1, -0.05) is 30.3 Å². The molecule has 0 saturated carbocycles. The molecule has 0 aliphatic carbocycles. The van der Waals surface area contributed by atoms with E-state index in [1.165, 1.54) is 12.0 Å². The molecule has 2 rings (SSSR count). The van der Waals surface area contributed by atoms with Crippen molar-refractivity contribution in [2.45, 2.75) is 24.7 Å². The minimum atomic E-state index is -1.02. The van der Waals surface area contributed by atoms with E-state index in [1.54, 1.807) is 0 Å². The molecular weight excluding hydrogens is 234 g/mol. The van der Waals surface area contributed by atoms with Gasteiger partial charge in [0, 0.05) is 7.11 Å². The molecule has 98 valence electrons. The monoisotopic (exact) mass is 251 g/mol. The van der Waals surface area contributed by atoms with Gasteiger partial charge in [-0.3, -0.25) is 4.90 Å². The van der Waals surface area contributed by atoms with E-state index in [2.05, 4.69) is 0 Å². The third-order valence-electron chi connectivity index (χ3n) is 3.39. The molecule has 5 nitrogen and oxygen atoms in total. The van der Waals surface area contributed by atoms with Crippen LogP contribution >= 0.6 is 0 Å². The van der Waals surface area contributed by atoms with Crippen molar-refractivity contribution >= 4 is 6.09 Å². The van der Waals surface area contributed by atoms with Gasteiger partial charge < -0.3 is 14.9 Å². The van der Waals surface area contributed by atoms with Crippen LogP contribution in [0.2, 0.25) is 0 Å². The van der Waals surface area contributed by atoms with Crippen molar-refractivity contribution in [3.05, 3.63) is 35.9 Å². The lowest BCUT2D eigenvalue weighted by Gasteiger charge is -2.23. The minimum Gasteiger partial charge on any atom is -0.465 e. The fourth-order valence-electron chi connectivity index (χ4n) is 2.39. The predicted molar refractivity (Wildman–Crippen MR) is 65.5 cm³/mol. The standard InChI is InChI=1S/C13H17NO4/c1-18-11-8-14(13(16)17)10(12(11)15)7-9-5-3-2-4-6-9/h2-6,10-12,15H,7-8H2,1H3,(H,16,17). The molecule has 3 atom stereocenters. The highest BCUT2D eigenvalue weighted by atomic mass is 16.5. The lowest BCUT2D eigenvalue weighted by molar-refractivity contribution is 0.00875. The first kappa shape index (κ1) is 12.9. The summed E-state index contributed by atoms with van der Waals surface area (Å²) in [5.74, 6) is 0. The van der Waals surface area contributed by atoms with E-state index in [0.29, 0.717) is 6.42 Å². The van der Waals surface area contributed by atoms with E-state index >= 15 is 0 Å². The van der Waals surface area contributed by atoms with Crippen LogP contribution in [0.1, 0.15) is 5.56 Å². The van der Waals surface area contributed by atoms with E-state index in [0.717, 1.165) is 5.56 Å². The van der Waals surface area contributed by atoms with Crippen LogP contribution in [-0.4, -0.2) is 53.1 Å². The molecular formula is C13H17NO4. The van der Waals surface area contributed by atoms with E-state index < -0.39 is 24.3 Å². The van der Waals surface area contributed by atoms with Gasteiger partial charge in [-0.2, -0.15) is 0 Å². The second kappa shape index (κ2) is 5.37. The molecule has 1 aliphatic heterocycles. The topological polar surface area (TPSA) is 70.0 Å². The van der Waals surface area contributed by atoms with Crippen LogP contribution in [0.3, 0.4) is 0 Å². The Morgan fingerprint density at radius 2 is 2.11 bits per heavy atom. The first-order chi connectivity index (χ1) is 8.63. The molecule has 2 N–H and O–H groups in total. The number of aliphatic hydroxyl groups is 1. The molecule has 0 spiro atoms. The second-order valence-corrected chi connectivity index (χ2v) is 4.46. The fraction of sp³-hybridized carbons (Fsp3) is 0.462. The van der Waals surface area contributed by atoms with Crippen molar-refractivity contribution in [1.82, 2.24) is 4.90 Å². The summed E-state index contributed by atoms with van der Waals surface area (Å²) in [5, 5.41) is 19.3. The number of carboxylic acid groups (broad SMARTS) is 1. The largest absolute Gasteiger partial charge is 0.465 e. The van der Waals surface area contributed by atoms with E-state index in [1.807, 2.05) is 30.3 Å². The Hall–Kier alpha value is -1.59. The minimum absolute atomic E-state index is 0.213. The molecule has 18 heavy (non-hydrogen) atoms. The van der Waals surface area contributed by atoms with Gasteiger partial charge >= 0.3 is 6.09 Å². The quantitative estimate of drug-likeness (QED) is 0.839. The molecule has 1 aromatic rings. The zero-order valence-corrected chi connectivity index (χ0v) is 10.2.